The molecule has 0 radical (unpaired) electrons. The van der Waals surface area contributed by atoms with Crippen LogP contribution >= 0.6 is 0 Å². The van der Waals surface area contributed by atoms with Crippen LogP contribution in [0.15, 0.2) is 66.9 Å². The van der Waals surface area contributed by atoms with Crippen molar-refractivity contribution in [1.82, 2.24) is 9.47 Å². The first-order chi connectivity index (χ1) is 17.4. The standard InChI is InChI=1S/C31H38N2O3/c1-4-31-17-10-18-32(19-15-24(34)21-23-11-6-5-7-12-23)20-16-26-25-13-8-9-14-27(25)33(30(2,35)22-31)28(26)29(31)36-3/h5-9,11-15,19,29,35H,4,10,16-18,20-22H2,1-3H3/b19-15+. The lowest BCUT2D eigenvalue weighted by Gasteiger charge is -2.50. The molecular weight excluding hydrogens is 448 g/mol. The molecular formula is C31H38N2O3. The van der Waals surface area contributed by atoms with E-state index in [1.807, 2.05) is 56.6 Å². The molecule has 3 atom stereocenters. The number of aliphatic hydroxyl groups is 1. The Kier molecular flexibility index (Phi) is 6.80. The molecule has 0 spiro atoms. The summed E-state index contributed by atoms with van der Waals surface area (Å²) < 4.78 is 8.41. The topological polar surface area (TPSA) is 54.7 Å². The van der Waals surface area contributed by atoms with E-state index < -0.39 is 5.72 Å². The van der Waals surface area contributed by atoms with Gasteiger partial charge in [0, 0.05) is 50.0 Å². The lowest BCUT2D eigenvalue weighted by molar-refractivity contribution is -0.144. The fourth-order valence-corrected chi connectivity index (χ4v) is 6.78. The molecule has 3 heterocycles. The zero-order valence-electron chi connectivity index (χ0n) is 21.7. The van der Waals surface area contributed by atoms with Crippen LogP contribution in [0.1, 0.15) is 62.5 Å². The van der Waals surface area contributed by atoms with Crippen molar-refractivity contribution in [3.8, 4) is 0 Å². The largest absolute Gasteiger partial charge is 0.377 e. The van der Waals surface area contributed by atoms with Crippen molar-refractivity contribution < 1.29 is 14.6 Å². The lowest BCUT2D eigenvalue weighted by Crippen LogP contribution is -2.48. The number of ether oxygens (including phenoxy) is 1. The Labute approximate surface area is 214 Å². The van der Waals surface area contributed by atoms with Crippen LogP contribution in [0.25, 0.3) is 10.9 Å². The van der Waals surface area contributed by atoms with Crippen molar-refractivity contribution in [2.24, 2.45) is 5.41 Å². The first-order valence-electron chi connectivity index (χ1n) is 13.3. The predicted molar refractivity (Wildman–Crippen MR) is 144 cm³/mol. The Hall–Kier alpha value is -2.89. The molecule has 5 nitrogen and oxygen atoms in total. The second-order valence-electron chi connectivity index (χ2n) is 10.8. The van der Waals surface area contributed by atoms with Crippen molar-refractivity contribution in [1.29, 1.82) is 0 Å². The van der Waals surface area contributed by atoms with Gasteiger partial charge in [-0.25, -0.2) is 0 Å². The molecule has 0 amide bonds. The van der Waals surface area contributed by atoms with Gasteiger partial charge in [-0.15, -0.1) is 0 Å². The van der Waals surface area contributed by atoms with Crippen LogP contribution in [0.3, 0.4) is 0 Å². The molecule has 1 N–H and O–H groups in total. The summed E-state index contributed by atoms with van der Waals surface area (Å²) >= 11 is 0. The maximum atomic E-state index is 12.7. The SMILES string of the molecule is CCC12CCCN(/C=C/C(=O)Cc3ccccc3)CCc3c(n(c4ccccc34)C(C)(O)C1)C2OC. The van der Waals surface area contributed by atoms with Gasteiger partial charge in [0.2, 0.25) is 0 Å². The number of rotatable bonds is 6. The minimum atomic E-state index is -0.971. The van der Waals surface area contributed by atoms with Crippen LogP contribution in [-0.4, -0.2) is 40.6 Å². The lowest BCUT2D eigenvalue weighted by atomic mass is 9.66. The van der Waals surface area contributed by atoms with Gasteiger partial charge in [0.15, 0.2) is 5.78 Å². The number of hydrogen-bond acceptors (Lipinski definition) is 4. The monoisotopic (exact) mass is 486 g/mol. The van der Waals surface area contributed by atoms with Crippen LogP contribution < -0.4 is 0 Å². The van der Waals surface area contributed by atoms with Crippen molar-refractivity contribution in [2.45, 2.75) is 64.2 Å². The number of benzene rings is 2. The minimum Gasteiger partial charge on any atom is -0.377 e. The Morgan fingerprint density at radius 2 is 1.89 bits per heavy atom. The zero-order chi connectivity index (χ0) is 25.3. The predicted octanol–water partition coefficient (Wildman–Crippen LogP) is 5.76. The number of nitrogens with zero attached hydrogens (tertiary/aromatic N) is 2. The van der Waals surface area contributed by atoms with Gasteiger partial charge < -0.3 is 19.3 Å². The summed E-state index contributed by atoms with van der Waals surface area (Å²) in [5, 5.41) is 13.0. The number of carbonyl (C=O) groups excluding carboxylic acids is 1. The molecule has 3 unspecified atom stereocenters. The molecule has 5 rings (SSSR count). The third-order valence-corrected chi connectivity index (χ3v) is 8.39. The summed E-state index contributed by atoms with van der Waals surface area (Å²) in [6.45, 7) is 5.88. The normalized spacial score (nSPS) is 26.4. The summed E-state index contributed by atoms with van der Waals surface area (Å²) in [4.78, 5) is 15.0. The number of fused-ring (bicyclic) bond motifs is 4. The van der Waals surface area contributed by atoms with Gasteiger partial charge >= 0.3 is 0 Å². The number of aromatic nitrogens is 1. The summed E-state index contributed by atoms with van der Waals surface area (Å²) in [5.74, 6) is 0.120. The molecule has 0 saturated heterocycles. The summed E-state index contributed by atoms with van der Waals surface area (Å²) in [7, 11) is 1.82. The van der Waals surface area contributed by atoms with Gasteiger partial charge in [-0.1, -0.05) is 55.5 Å². The van der Waals surface area contributed by atoms with Crippen molar-refractivity contribution in [3.63, 3.8) is 0 Å². The van der Waals surface area contributed by atoms with Crippen LogP contribution in [0.5, 0.6) is 0 Å². The molecule has 36 heavy (non-hydrogen) atoms. The smallest absolute Gasteiger partial charge is 0.161 e. The van der Waals surface area contributed by atoms with E-state index in [1.54, 1.807) is 6.08 Å². The number of methoxy groups -OCH3 is 1. The van der Waals surface area contributed by atoms with Gasteiger partial charge in [0.05, 0.1) is 11.2 Å². The molecule has 5 heteroatoms. The average Bonchev–Trinajstić information content (AvgIpc) is 3.21. The highest BCUT2D eigenvalue weighted by molar-refractivity contribution is 5.91. The second-order valence-corrected chi connectivity index (χ2v) is 10.8. The van der Waals surface area contributed by atoms with Gasteiger partial charge in [-0.05, 0) is 55.9 Å². The van der Waals surface area contributed by atoms with E-state index in [0.29, 0.717) is 12.8 Å². The molecule has 0 aliphatic carbocycles. The maximum Gasteiger partial charge on any atom is 0.161 e. The van der Waals surface area contributed by atoms with Crippen LogP contribution in [0, 0.1) is 5.41 Å². The highest BCUT2D eigenvalue weighted by Gasteiger charge is 2.52. The number of para-hydroxylation sites is 1. The third-order valence-electron chi connectivity index (χ3n) is 8.39. The van der Waals surface area contributed by atoms with Crippen LogP contribution in [-0.2, 0) is 28.1 Å². The molecule has 1 aromatic heterocycles. The zero-order valence-corrected chi connectivity index (χ0v) is 21.7. The van der Waals surface area contributed by atoms with E-state index in [1.165, 1.54) is 10.9 Å². The average molecular weight is 487 g/mol. The fourth-order valence-electron chi connectivity index (χ4n) is 6.78. The van der Waals surface area contributed by atoms with Crippen LogP contribution in [0.4, 0.5) is 0 Å². The second kappa shape index (κ2) is 9.87. The van der Waals surface area contributed by atoms with Crippen molar-refractivity contribution >= 4 is 16.7 Å². The molecule has 2 aromatic carbocycles. The van der Waals surface area contributed by atoms with E-state index in [-0.39, 0.29) is 17.3 Å². The van der Waals surface area contributed by atoms with Gasteiger partial charge in [-0.2, -0.15) is 0 Å². The Morgan fingerprint density at radius 3 is 2.64 bits per heavy atom. The molecule has 2 bridgehead atoms. The molecule has 3 aromatic rings. The van der Waals surface area contributed by atoms with E-state index in [9.17, 15) is 9.90 Å². The van der Waals surface area contributed by atoms with Crippen molar-refractivity contribution in [3.05, 3.63) is 83.7 Å². The van der Waals surface area contributed by atoms with E-state index in [4.69, 9.17) is 4.74 Å². The Balaban J connectivity index is 1.51. The first kappa shape index (κ1) is 24.8. The highest BCUT2D eigenvalue weighted by atomic mass is 16.5. The molecule has 0 fully saturated rings. The molecule has 190 valence electrons. The third kappa shape index (κ3) is 4.39. The number of hydrogen-bond donors (Lipinski definition) is 1. The number of allylic oxidation sites excluding steroid dienone is 1. The summed E-state index contributed by atoms with van der Waals surface area (Å²) in [5.41, 5.74) is 3.37. The van der Waals surface area contributed by atoms with E-state index >= 15 is 0 Å². The maximum absolute atomic E-state index is 12.7. The van der Waals surface area contributed by atoms with E-state index in [2.05, 4.69) is 34.6 Å². The van der Waals surface area contributed by atoms with Crippen molar-refractivity contribution in [2.75, 3.05) is 20.2 Å². The molecule has 0 saturated carbocycles. The van der Waals surface area contributed by atoms with Crippen LogP contribution in [0.2, 0.25) is 0 Å². The number of carbonyl (C=O) groups is 1. The molecule has 2 aliphatic rings. The summed E-state index contributed by atoms with van der Waals surface area (Å²) in [6.07, 6.45) is 8.47. The highest BCUT2D eigenvalue weighted by Crippen LogP contribution is 2.56. The molecule has 2 aliphatic heterocycles. The quantitative estimate of drug-likeness (QED) is 0.450. The fraction of sp³-hybridized carbons (Fsp3) is 0.452. The van der Waals surface area contributed by atoms with Gasteiger partial charge in [-0.3, -0.25) is 4.79 Å². The Bertz CT molecular complexity index is 1260. The first-order valence-corrected chi connectivity index (χ1v) is 13.3. The Morgan fingerprint density at radius 1 is 1.14 bits per heavy atom. The van der Waals surface area contributed by atoms with E-state index in [0.717, 1.165) is 55.5 Å². The number of ketones is 1. The summed E-state index contributed by atoms with van der Waals surface area (Å²) in [6, 6.07) is 18.3. The minimum absolute atomic E-state index is 0.0559. The van der Waals surface area contributed by atoms with Gasteiger partial charge in [0.25, 0.3) is 0 Å². The van der Waals surface area contributed by atoms with Gasteiger partial charge in [0.1, 0.15) is 11.8 Å².